The van der Waals surface area contributed by atoms with Gasteiger partial charge in [0.2, 0.25) is 17.7 Å². The highest BCUT2D eigenvalue weighted by atomic mass is 32.1. The van der Waals surface area contributed by atoms with Gasteiger partial charge in [0, 0.05) is 25.5 Å². The van der Waals surface area contributed by atoms with E-state index in [9.17, 15) is 24.0 Å². The molecule has 0 bridgehead atoms. The Balaban J connectivity index is 2.35. The molecule has 1 aromatic rings. The van der Waals surface area contributed by atoms with Crippen molar-refractivity contribution in [3.63, 3.8) is 0 Å². The molecule has 1 aliphatic heterocycles. The molecule has 0 unspecified atom stereocenters. The Bertz CT molecular complexity index is 1160. The van der Waals surface area contributed by atoms with Crippen LogP contribution < -0.4 is 16.0 Å². The molecule has 10 nitrogen and oxygen atoms in total. The highest BCUT2D eigenvalue weighted by Crippen LogP contribution is 2.27. The van der Waals surface area contributed by atoms with E-state index < -0.39 is 46.8 Å². The van der Waals surface area contributed by atoms with Gasteiger partial charge in [-0.3, -0.25) is 24.1 Å². The Hall–Kier alpha value is -3.34. The van der Waals surface area contributed by atoms with E-state index in [4.69, 9.17) is 12.2 Å². The van der Waals surface area contributed by atoms with Crippen molar-refractivity contribution in [1.29, 1.82) is 0 Å². The third-order valence-electron chi connectivity index (χ3n) is 7.46. The Morgan fingerprint density at radius 3 is 2.02 bits per heavy atom. The minimum absolute atomic E-state index is 0.0136. The van der Waals surface area contributed by atoms with Crippen LogP contribution in [-0.2, 0) is 19.2 Å². The highest BCUT2D eigenvalue weighted by Gasteiger charge is 2.49. The Labute approximate surface area is 249 Å². The first kappa shape index (κ1) is 33.9. The van der Waals surface area contributed by atoms with Gasteiger partial charge in [-0.2, -0.15) is 0 Å². The number of hydrogen-bond acceptors (Lipinski definition) is 6. The highest BCUT2D eigenvalue weighted by molar-refractivity contribution is 7.81. The van der Waals surface area contributed by atoms with E-state index in [2.05, 4.69) is 16.0 Å². The van der Waals surface area contributed by atoms with Crippen molar-refractivity contribution >= 4 is 46.7 Å². The van der Waals surface area contributed by atoms with Crippen LogP contribution in [0.15, 0.2) is 30.3 Å². The lowest BCUT2D eigenvalue weighted by Crippen LogP contribution is -2.58. The molecule has 1 aliphatic rings. The molecule has 226 valence electrons. The maximum atomic E-state index is 13.8. The zero-order valence-electron chi connectivity index (χ0n) is 25.7. The average molecular weight is 588 g/mol. The predicted octanol–water partition coefficient (Wildman–Crippen LogP) is 2.89. The molecule has 1 heterocycles. The van der Waals surface area contributed by atoms with E-state index in [1.54, 1.807) is 33.0 Å². The molecule has 41 heavy (non-hydrogen) atoms. The van der Waals surface area contributed by atoms with Crippen molar-refractivity contribution in [2.24, 2.45) is 17.3 Å². The first-order valence-corrected chi connectivity index (χ1v) is 14.4. The van der Waals surface area contributed by atoms with Crippen molar-refractivity contribution in [3.05, 3.63) is 35.9 Å². The van der Waals surface area contributed by atoms with Gasteiger partial charge in [0.15, 0.2) is 0 Å². The molecule has 3 N–H and O–H groups in total. The zero-order chi connectivity index (χ0) is 31.3. The normalized spacial score (nSPS) is 17.2. The number of rotatable bonds is 12. The largest absolute Gasteiger partial charge is 0.357 e. The molecule has 0 spiro atoms. The lowest BCUT2D eigenvalue weighted by Gasteiger charge is -2.32. The molecule has 6 amide bonds. The van der Waals surface area contributed by atoms with Gasteiger partial charge >= 0.3 is 6.03 Å². The second kappa shape index (κ2) is 13.5. The van der Waals surface area contributed by atoms with Gasteiger partial charge in [0.1, 0.15) is 17.6 Å². The summed E-state index contributed by atoms with van der Waals surface area (Å²) in [6, 6.07) is 6.84. The summed E-state index contributed by atoms with van der Waals surface area (Å²) in [6.07, 6.45) is 0.412. The molecule has 1 saturated heterocycles. The van der Waals surface area contributed by atoms with Gasteiger partial charge < -0.3 is 20.9 Å². The fraction of sp³-hybridized carbons (Fsp3) is 0.600. The molecule has 0 aromatic heterocycles. The summed E-state index contributed by atoms with van der Waals surface area (Å²) in [4.78, 5) is 68.5. The summed E-state index contributed by atoms with van der Waals surface area (Å²) in [5, 5.41) is 8.27. The van der Waals surface area contributed by atoms with Crippen molar-refractivity contribution in [1.82, 2.24) is 25.8 Å². The lowest BCUT2D eigenvalue weighted by atomic mass is 9.85. The van der Waals surface area contributed by atoms with Crippen LogP contribution in [0.1, 0.15) is 66.9 Å². The summed E-state index contributed by atoms with van der Waals surface area (Å²) in [6.45, 7) is 12.7. The standard InChI is InChI=1S/C30H45N5O5S/c1-18(2)17-21(25(37)33-23(26(38)31-8)29(3,4)5)32-24(36)20(22(41)19-13-11-10-12-14-19)15-16-35-27(39)30(6,7)34(9)28(35)40/h10-14,18,20-21,23H,15-17H2,1-9H3,(H,31,38)(H,32,36)(H,33,37)/t20-,21+,23-/m1/s1. The smallest absolute Gasteiger partial charge is 0.327 e. The maximum absolute atomic E-state index is 13.8. The number of imide groups is 1. The number of thiocarbonyl (C=S) groups is 1. The van der Waals surface area contributed by atoms with Gasteiger partial charge in [-0.1, -0.05) is 77.2 Å². The van der Waals surface area contributed by atoms with E-state index in [1.165, 1.54) is 11.9 Å². The van der Waals surface area contributed by atoms with E-state index in [1.807, 2.05) is 52.8 Å². The monoisotopic (exact) mass is 587 g/mol. The minimum Gasteiger partial charge on any atom is -0.357 e. The number of nitrogens with one attached hydrogen (secondary N) is 3. The number of amides is 6. The number of likely N-dealkylation sites (N-methyl/N-ethyl adjacent to an activating group) is 2. The second-order valence-electron chi connectivity index (χ2n) is 12.5. The van der Waals surface area contributed by atoms with Crippen LogP contribution in [0.25, 0.3) is 0 Å². The van der Waals surface area contributed by atoms with E-state index >= 15 is 0 Å². The second-order valence-corrected chi connectivity index (χ2v) is 13.0. The molecule has 0 radical (unpaired) electrons. The van der Waals surface area contributed by atoms with E-state index in [0.717, 1.165) is 4.90 Å². The number of urea groups is 1. The van der Waals surface area contributed by atoms with Crippen molar-refractivity contribution in [2.75, 3.05) is 20.6 Å². The first-order chi connectivity index (χ1) is 18.9. The van der Waals surface area contributed by atoms with Crippen LogP contribution in [0, 0.1) is 17.3 Å². The number of carbonyl (C=O) groups is 5. The molecule has 1 aromatic carbocycles. The Kier molecular flexibility index (Phi) is 11.2. The molecule has 3 atom stereocenters. The zero-order valence-corrected chi connectivity index (χ0v) is 26.5. The molecule has 0 saturated carbocycles. The SMILES string of the molecule is CNC(=O)[C@@H](NC(=O)[C@H](CC(C)C)NC(=O)[C@H](CCN1C(=O)N(C)C(C)(C)C1=O)C(=S)c1ccccc1)C(C)(C)C. The minimum atomic E-state index is -0.996. The van der Waals surface area contributed by atoms with Crippen LogP contribution in [0.3, 0.4) is 0 Å². The van der Waals surface area contributed by atoms with Gasteiger partial charge in [0.05, 0.1) is 5.92 Å². The van der Waals surface area contributed by atoms with Crippen LogP contribution in [0.4, 0.5) is 4.79 Å². The van der Waals surface area contributed by atoms with Crippen LogP contribution in [0.2, 0.25) is 0 Å². The molecule has 11 heteroatoms. The van der Waals surface area contributed by atoms with Gasteiger partial charge in [0.25, 0.3) is 5.91 Å². The first-order valence-electron chi connectivity index (χ1n) is 13.9. The summed E-state index contributed by atoms with van der Waals surface area (Å²) in [5.74, 6) is -2.50. The molecular weight excluding hydrogens is 542 g/mol. The predicted molar refractivity (Wildman–Crippen MR) is 162 cm³/mol. The third kappa shape index (κ3) is 8.12. The quantitative estimate of drug-likeness (QED) is 0.196. The van der Waals surface area contributed by atoms with Gasteiger partial charge in [-0.05, 0) is 43.6 Å². The van der Waals surface area contributed by atoms with Crippen molar-refractivity contribution in [2.45, 2.75) is 78.9 Å². The van der Waals surface area contributed by atoms with E-state index in [-0.39, 0.29) is 30.7 Å². The van der Waals surface area contributed by atoms with Crippen molar-refractivity contribution in [3.8, 4) is 0 Å². The molecule has 1 fully saturated rings. The van der Waals surface area contributed by atoms with Gasteiger partial charge in [-0.15, -0.1) is 0 Å². The third-order valence-corrected chi connectivity index (χ3v) is 7.98. The summed E-state index contributed by atoms with van der Waals surface area (Å²) in [7, 11) is 3.07. The van der Waals surface area contributed by atoms with Crippen molar-refractivity contribution < 1.29 is 24.0 Å². The Morgan fingerprint density at radius 2 is 1.56 bits per heavy atom. The summed E-state index contributed by atoms with van der Waals surface area (Å²) >= 11 is 5.75. The molecular formula is C30H45N5O5S. The lowest BCUT2D eigenvalue weighted by molar-refractivity contribution is -0.134. The maximum Gasteiger partial charge on any atom is 0.327 e. The fourth-order valence-corrected chi connectivity index (χ4v) is 5.02. The van der Waals surface area contributed by atoms with Gasteiger partial charge in [-0.25, -0.2) is 4.79 Å². The number of hydrogen-bond donors (Lipinski definition) is 3. The van der Waals surface area contributed by atoms with Crippen LogP contribution >= 0.6 is 12.2 Å². The Morgan fingerprint density at radius 1 is 0.976 bits per heavy atom. The number of benzene rings is 1. The molecule has 2 rings (SSSR count). The molecule has 0 aliphatic carbocycles. The number of carbonyl (C=O) groups excluding carboxylic acids is 5. The summed E-state index contributed by atoms with van der Waals surface area (Å²) < 4.78 is 0. The van der Waals surface area contributed by atoms with Crippen LogP contribution in [-0.4, -0.2) is 82.6 Å². The van der Waals surface area contributed by atoms with E-state index in [0.29, 0.717) is 16.8 Å². The summed E-state index contributed by atoms with van der Waals surface area (Å²) in [5.41, 5.74) is -0.907. The van der Waals surface area contributed by atoms with Crippen LogP contribution in [0.5, 0.6) is 0 Å². The number of nitrogens with zero attached hydrogens (tertiary/aromatic N) is 2. The average Bonchev–Trinajstić information content (AvgIpc) is 3.04. The topological polar surface area (TPSA) is 128 Å². The fourth-order valence-electron chi connectivity index (χ4n) is 4.66.